The zero-order valence-corrected chi connectivity index (χ0v) is 12.7. The molecule has 4 nitrogen and oxygen atoms in total. The standard InChI is InChI=1S/C13H18N2O2S2/c1-17-12(16)10-5-3-6-11(9-10)15-13(18)14-7-4-8-19-2/h3,5-6,9H,4,7-8H2,1-2H3,(H2,14,15,18). The van der Waals surface area contributed by atoms with Gasteiger partial charge in [-0.2, -0.15) is 11.8 Å². The molecule has 19 heavy (non-hydrogen) atoms. The fourth-order valence-electron chi connectivity index (χ4n) is 1.44. The number of thiocarbonyl (C=S) groups is 1. The highest BCUT2D eigenvalue weighted by Crippen LogP contribution is 2.11. The minimum Gasteiger partial charge on any atom is -0.465 e. The second-order valence-corrected chi connectivity index (χ2v) is 5.19. The Hall–Kier alpha value is -1.27. The first kappa shape index (κ1) is 15.8. The number of methoxy groups -OCH3 is 1. The Balaban J connectivity index is 2.48. The molecule has 6 heteroatoms. The second kappa shape index (κ2) is 8.77. The Kier molecular flexibility index (Phi) is 7.28. The van der Waals surface area contributed by atoms with Gasteiger partial charge in [0, 0.05) is 12.2 Å². The minimum absolute atomic E-state index is 0.359. The second-order valence-electron chi connectivity index (χ2n) is 3.80. The van der Waals surface area contributed by atoms with Crippen LogP contribution in [0.15, 0.2) is 24.3 Å². The maximum atomic E-state index is 11.4. The molecule has 0 aliphatic carbocycles. The Labute approximate surface area is 123 Å². The third-order valence-corrected chi connectivity index (χ3v) is 3.30. The van der Waals surface area contributed by atoms with Crippen molar-refractivity contribution in [2.45, 2.75) is 6.42 Å². The van der Waals surface area contributed by atoms with Crippen molar-refractivity contribution in [2.75, 3.05) is 31.0 Å². The number of anilines is 1. The quantitative estimate of drug-likeness (QED) is 0.478. The summed E-state index contributed by atoms with van der Waals surface area (Å²) in [6, 6.07) is 7.04. The fraction of sp³-hybridized carbons (Fsp3) is 0.385. The van der Waals surface area contributed by atoms with E-state index in [1.165, 1.54) is 7.11 Å². The van der Waals surface area contributed by atoms with Gasteiger partial charge in [0.1, 0.15) is 0 Å². The molecule has 0 heterocycles. The predicted molar refractivity (Wildman–Crippen MR) is 85.0 cm³/mol. The van der Waals surface area contributed by atoms with Crippen LogP contribution in [0, 0.1) is 0 Å². The monoisotopic (exact) mass is 298 g/mol. The molecular weight excluding hydrogens is 280 g/mol. The van der Waals surface area contributed by atoms with Gasteiger partial charge in [-0.25, -0.2) is 4.79 Å². The number of carbonyl (C=O) groups is 1. The summed E-state index contributed by atoms with van der Waals surface area (Å²) in [5.74, 6) is 0.746. The zero-order chi connectivity index (χ0) is 14.1. The number of hydrogen-bond donors (Lipinski definition) is 2. The SMILES string of the molecule is COC(=O)c1cccc(NC(=S)NCCCSC)c1. The van der Waals surface area contributed by atoms with Crippen LogP contribution < -0.4 is 10.6 Å². The topological polar surface area (TPSA) is 50.4 Å². The van der Waals surface area contributed by atoms with Gasteiger partial charge in [0.05, 0.1) is 12.7 Å². The summed E-state index contributed by atoms with van der Waals surface area (Å²) in [7, 11) is 1.36. The van der Waals surface area contributed by atoms with E-state index in [2.05, 4.69) is 21.6 Å². The number of thioether (sulfide) groups is 1. The highest BCUT2D eigenvalue weighted by Gasteiger charge is 2.06. The molecular formula is C13H18N2O2S2. The molecule has 0 unspecified atom stereocenters. The average molecular weight is 298 g/mol. The number of carbonyl (C=O) groups excluding carboxylic acids is 1. The largest absolute Gasteiger partial charge is 0.465 e. The molecule has 0 atom stereocenters. The summed E-state index contributed by atoms with van der Waals surface area (Å²) >= 11 is 6.99. The van der Waals surface area contributed by atoms with Gasteiger partial charge < -0.3 is 15.4 Å². The van der Waals surface area contributed by atoms with Crippen molar-refractivity contribution < 1.29 is 9.53 Å². The Bertz CT molecular complexity index is 438. The lowest BCUT2D eigenvalue weighted by atomic mass is 10.2. The van der Waals surface area contributed by atoms with Crippen LogP contribution in [0.1, 0.15) is 16.8 Å². The van der Waals surface area contributed by atoms with Crippen LogP contribution in [-0.4, -0.2) is 36.7 Å². The Morgan fingerprint density at radius 3 is 2.95 bits per heavy atom. The molecule has 0 aliphatic rings. The molecule has 0 aromatic heterocycles. The Morgan fingerprint density at radius 1 is 1.47 bits per heavy atom. The molecule has 0 spiro atoms. The van der Waals surface area contributed by atoms with E-state index in [1.54, 1.807) is 18.2 Å². The third kappa shape index (κ3) is 5.94. The lowest BCUT2D eigenvalue weighted by Gasteiger charge is -2.10. The number of esters is 1. The smallest absolute Gasteiger partial charge is 0.337 e. The first-order chi connectivity index (χ1) is 9.17. The summed E-state index contributed by atoms with van der Waals surface area (Å²) in [4.78, 5) is 11.4. The lowest BCUT2D eigenvalue weighted by molar-refractivity contribution is 0.0601. The molecule has 0 radical (unpaired) electrons. The van der Waals surface area contributed by atoms with Gasteiger partial charge >= 0.3 is 5.97 Å². The number of rotatable bonds is 6. The van der Waals surface area contributed by atoms with Crippen molar-refractivity contribution in [1.82, 2.24) is 5.32 Å². The van der Waals surface area contributed by atoms with Gasteiger partial charge in [0.25, 0.3) is 0 Å². The molecule has 0 amide bonds. The van der Waals surface area contributed by atoms with E-state index in [9.17, 15) is 4.79 Å². The van der Waals surface area contributed by atoms with Crippen molar-refractivity contribution in [3.63, 3.8) is 0 Å². The molecule has 1 aromatic rings. The zero-order valence-electron chi connectivity index (χ0n) is 11.1. The maximum absolute atomic E-state index is 11.4. The molecule has 0 bridgehead atoms. The van der Waals surface area contributed by atoms with Crippen LogP contribution in [0.3, 0.4) is 0 Å². The van der Waals surface area contributed by atoms with Crippen molar-refractivity contribution in [3.05, 3.63) is 29.8 Å². The van der Waals surface area contributed by atoms with E-state index < -0.39 is 0 Å². The van der Waals surface area contributed by atoms with Crippen LogP contribution >= 0.6 is 24.0 Å². The van der Waals surface area contributed by atoms with Gasteiger partial charge in [0.15, 0.2) is 5.11 Å². The van der Waals surface area contributed by atoms with Crippen LogP contribution in [0.2, 0.25) is 0 Å². The minimum atomic E-state index is -0.359. The molecule has 0 aliphatic heterocycles. The fourth-order valence-corrected chi connectivity index (χ4v) is 2.09. The summed E-state index contributed by atoms with van der Waals surface area (Å²) < 4.78 is 4.67. The van der Waals surface area contributed by atoms with Crippen molar-refractivity contribution in [2.24, 2.45) is 0 Å². The van der Waals surface area contributed by atoms with Gasteiger partial charge in [0.2, 0.25) is 0 Å². The number of ether oxygens (including phenoxy) is 1. The van der Waals surface area contributed by atoms with Crippen LogP contribution in [0.25, 0.3) is 0 Å². The molecule has 0 fully saturated rings. The van der Waals surface area contributed by atoms with E-state index in [-0.39, 0.29) is 5.97 Å². The molecule has 2 N–H and O–H groups in total. The Morgan fingerprint density at radius 2 is 2.26 bits per heavy atom. The molecule has 1 rings (SSSR count). The van der Waals surface area contributed by atoms with Crippen molar-refractivity contribution in [1.29, 1.82) is 0 Å². The summed E-state index contributed by atoms with van der Waals surface area (Å²) in [5.41, 5.74) is 1.27. The third-order valence-electron chi connectivity index (χ3n) is 2.35. The van der Waals surface area contributed by atoms with Gasteiger partial charge in [-0.05, 0) is 48.8 Å². The molecule has 104 valence electrons. The average Bonchev–Trinajstić information content (AvgIpc) is 2.43. The number of hydrogen-bond acceptors (Lipinski definition) is 4. The van der Waals surface area contributed by atoms with Crippen LogP contribution in [-0.2, 0) is 4.74 Å². The highest BCUT2D eigenvalue weighted by molar-refractivity contribution is 7.98. The van der Waals surface area contributed by atoms with E-state index in [1.807, 2.05) is 17.8 Å². The predicted octanol–water partition coefficient (Wildman–Crippen LogP) is 2.51. The molecule has 0 saturated carbocycles. The van der Waals surface area contributed by atoms with Crippen molar-refractivity contribution in [3.8, 4) is 0 Å². The number of benzene rings is 1. The van der Waals surface area contributed by atoms with E-state index in [0.717, 1.165) is 24.4 Å². The van der Waals surface area contributed by atoms with E-state index in [4.69, 9.17) is 12.2 Å². The summed E-state index contributed by atoms with van der Waals surface area (Å²) in [6.07, 6.45) is 3.14. The number of nitrogens with one attached hydrogen (secondary N) is 2. The van der Waals surface area contributed by atoms with Gasteiger partial charge in [-0.3, -0.25) is 0 Å². The first-order valence-corrected chi connectivity index (χ1v) is 7.69. The first-order valence-electron chi connectivity index (χ1n) is 5.89. The van der Waals surface area contributed by atoms with Gasteiger partial charge in [-0.1, -0.05) is 6.07 Å². The lowest BCUT2D eigenvalue weighted by Crippen LogP contribution is -2.29. The van der Waals surface area contributed by atoms with Crippen LogP contribution in [0.4, 0.5) is 5.69 Å². The normalized spacial score (nSPS) is 9.79. The summed E-state index contributed by atoms with van der Waals surface area (Å²) in [6.45, 7) is 0.837. The van der Waals surface area contributed by atoms with Crippen LogP contribution in [0.5, 0.6) is 0 Å². The van der Waals surface area contributed by atoms with Crippen molar-refractivity contribution >= 4 is 40.7 Å². The van der Waals surface area contributed by atoms with E-state index >= 15 is 0 Å². The maximum Gasteiger partial charge on any atom is 0.337 e. The highest BCUT2D eigenvalue weighted by atomic mass is 32.2. The molecule has 0 saturated heterocycles. The van der Waals surface area contributed by atoms with E-state index in [0.29, 0.717) is 10.7 Å². The molecule has 1 aromatic carbocycles. The summed E-state index contributed by atoms with van der Waals surface area (Å²) in [5, 5.41) is 6.72. The van der Waals surface area contributed by atoms with Gasteiger partial charge in [-0.15, -0.1) is 0 Å².